The Morgan fingerprint density at radius 2 is 2.10 bits per heavy atom. The van der Waals surface area contributed by atoms with Gasteiger partial charge in [0.15, 0.2) is 0 Å². The summed E-state index contributed by atoms with van der Waals surface area (Å²) < 4.78 is 33.0. The molecule has 0 amide bonds. The van der Waals surface area contributed by atoms with E-state index in [4.69, 9.17) is 0 Å². The zero-order valence-corrected chi connectivity index (χ0v) is 12.6. The van der Waals surface area contributed by atoms with E-state index in [1.165, 1.54) is 11.4 Å². The van der Waals surface area contributed by atoms with E-state index in [1.54, 1.807) is 30.1 Å². The van der Waals surface area contributed by atoms with Crippen molar-refractivity contribution < 1.29 is 17.9 Å². The van der Waals surface area contributed by atoms with Crippen LogP contribution in [0.5, 0.6) is 0 Å². The molecular formula is C13H20N2O4S. The molecule has 20 heavy (non-hydrogen) atoms. The van der Waals surface area contributed by atoms with Gasteiger partial charge >= 0.3 is 5.97 Å². The van der Waals surface area contributed by atoms with Crippen LogP contribution < -0.4 is 0 Å². The van der Waals surface area contributed by atoms with E-state index >= 15 is 0 Å². The molecule has 7 heteroatoms. The molecule has 112 valence electrons. The molecule has 1 heterocycles. The van der Waals surface area contributed by atoms with E-state index in [0.717, 1.165) is 25.7 Å². The number of nitrogens with zero attached hydrogens (tertiary/aromatic N) is 2. The third-order valence-corrected chi connectivity index (χ3v) is 5.54. The first-order valence-corrected chi connectivity index (χ1v) is 8.10. The van der Waals surface area contributed by atoms with Crippen LogP contribution in [0.25, 0.3) is 0 Å². The van der Waals surface area contributed by atoms with E-state index in [9.17, 15) is 13.2 Å². The molecule has 0 spiro atoms. The van der Waals surface area contributed by atoms with E-state index in [0.29, 0.717) is 0 Å². The van der Waals surface area contributed by atoms with Gasteiger partial charge in [-0.2, -0.15) is 4.31 Å². The molecule has 1 aromatic heterocycles. The predicted octanol–water partition coefficient (Wildman–Crippen LogP) is 1.13. The van der Waals surface area contributed by atoms with Crippen LogP contribution in [0.4, 0.5) is 0 Å². The maximum atomic E-state index is 12.7. The zero-order valence-electron chi connectivity index (χ0n) is 11.8. The summed E-state index contributed by atoms with van der Waals surface area (Å²) in [6.45, 7) is -0.224. The number of aryl methyl sites for hydroxylation is 1. The van der Waals surface area contributed by atoms with E-state index < -0.39 is 16.0 Å². The standard InChI is InChI=1S/C13H20N2O4S/c1-14-8-7-12(9-14)20(17,18)15(10-13(16)19-2)11-5-3-4-6-11/h7-9,11H,3-6,10H2,1-2H3. The van der Waals surface area contributed by atoms with Crippen molar-refractivity contribution in [2.75, 3.05) is 13.7 Å². The molecule has 6 nitrogen and oxygen atoms in total. The number of carbonyl (C=O) groups excluding carboxylic acids is 1. The Balaban J connectivity index is 2.31. The minimum absolute atomic E-state index is 0.112. The average molecular weight is 300 g/mol. The maximum absolute atomic E-state index is 12.7. The number of aromatic nitrogens is 1. The summed E-state index contributed by atoms with van der Waals surface area (Å²) in [6.07, 6.45) is 6.80. The lowest BCUT2D eigenvalue weighted by molar-refractivity contribution is -0.141. The first-order chi connectivity index (χ1) is 9.45. The lowest BCUT2D eigenvalue weighted by Crippen LogP contribution is -2.42. The van der Waals surface area contributed by atoms with Crippen molar-refractivity contribution in [3.8, 4) is 0 Å². The summed E-state index contributed by atoms with van der Waals surface area (Å²) in [6, 6.07) is 1.44. The summed E-state index contributed by atoms with van der Waals surface area (Å²) in [5.41, 5.74) is 0. The molecule has 1 saturated carbocycles. The molecule has 0 bridgehead atoms. The normalized spacial score (nSPS) is 16.8. The summed E-state index contributed by atoms with van der Waals surface area (Å²) in [5.74, 6) is -0.531. The second-order valence-electron chi connectivity index (χ2n) is 5.08. The molecule has 1 fully saturated rings. The second kappa shape index (κ2) is 5.97. The predicted molar refractivity (Wildman–Crippen MR) is 73.6 cm³/mol. The Bertz CT molecular complexity index is 573. The van der Waals surface area contributed by atoms with Crippen molar-refractivity contribution in [2.45, 2.75) is 36.6 Å². The molecule has 2 rings (SSSR count). The fourth-order valence-electron chi connectivity index (χ4n) is 2.56. The minimum Gasteiger partial charge on any atom is -0.468 e. The van der Waals surface area contributed by atoms with Gasteiger partial charge < -0.3 is 9.30 Å². The lowest BCUT2D eigenvalue weighted by Gasteiger charge is -2.26. The second-order valence-corrected chi connectivity index (χ2v) is 6.97. The van der Waals surface area contributed by atoms with Gasteiger partial charge in [-0.25, -0.2) is 8.42 Å². The molecule has 0 aromatic carbocycles. The highest BCUT2D eigenvalue weighted by Gasteiger charge is 2.35. The molecule has 0 saturated heterocycles. The van der Waals surface area contributed by atoms with Gasteiger partial charge in [-0.1, -0.05) is 12.8 Å². The van der Waals surface area contributed by atoms with Crippen LogP contribution in [0, 0.1) is 0 Å². The summed E-state index contributed by atoms with van der Waals surface area (Å²) in [7, 11) is -0.626. The third-order valence-electron chi connectivity index (χ3n) is 3.66. The average Bonchev–Trinajstić information content (AvgIpc) is 3.06. The third kappa shape index (κ3) is 3.04. The maximum Gasteiger partial charge on any atom is 0.321 e. The van der Waals surface area contributed by atoms with Gasteiger partial charge in [0.2, 0.25) is 10.0 Å². The number of rotatable bonds is 5. The molecule has 0 radical (unpaired) electrons. The fourth-order valence-corrected chi connectivity index (χ4v) is 4.24. The lowest BCUT2D eigenvalue weighted by atomic mass is 10.2. The van der Waals surface area contributed by atoms with Crippen molar-refractivity contribution >= 4 is 16.0 Å². The Kier molecular flexibility index (Phi) is 4.49. The van der Waals surface area contributed by atoms with Gasteiger partial charge in [-0.3, -0.25) is 4.79 Å². The van der Waals surface area contributed by atoms with Gasteiger partial charge in [0.25, 0.3) is 0 Å². The number of methoxy groups -OCH3 is 1. The van der Waals surface area contributed by atoms with Crippen molar-refractivity contribution in [1.82, 2.24) is 8.87 Å². The Morgan fingerprint density at radius 1 is 1.45 bits per heavy atom. The van der Waals surface area contributed by atoms with Gasteiger partial charge in [0.1, 0.15) is 6.54 Å². The van der Waals surface area contributed by atoms with Gasteiger partial charge in [-0.15, -0.1) is 0 Å². The topological polar surface area (TPSA) is 68.6 Å². The van der Waals surface area contributed by atoms with Crippen LogP contribution in [0.15, 0.2) is 23.4 Å². The van der Waals surface area contributed by atoms with Crippen LogP contribution >= 0.6 is 0 Å². The summed E-state index contributed by atoms with van der Waals surface area (Å²) in [5, 5.41) is 0. The van der Waals surface area contributed by atoms with Crippen molar-refractivity contribution in [1.29, 1.82) is 0 Å². The smallest absolute Gasteiger partial charge is 0.321 e. The highest BCUT2D eigenvalue weighted by atomic mass is 32.2. The Labute approximate surface area is 119 Å². The van der Waals surface area contributed by atoms with E-state index in [-0.39, 0.29) is 17.5 Å². The van der Waals surface area contributed by atoms with Crippen LogP contribution in [0.1, 0.15) is 25.7 Å². The first kappa shape index (κ1) is 15.1. The van der Waals surface area contributed by atoms with E-state index in [2.05, 4.69) is 4.74 Å². The minimum atomic E-state index is -3.66. The number of ether oxygens (including phenoxy) is 1. The molecule has 0 unspecified atom stereocenters. The van der Waals surface area contributed by atoms with Crippen LogP contribution in [-0.2, 0) is 26.6 Å². The Hall–Kier alpha value is -1.34. The zero-order chi connectivity index (χ0) is 14.8. The molecular weight excluding hydrogens is 280 g/mol. The summed E-state index contributed by atoms with van der Waals surface area (Å²) >= 11 is 0. The highest BCUT2D eigenvalue weighted by Crippen LogP contribution is 2.28. The van der Waals surface area contributed by atoms with Crippen molar-refractivity contribution in [2.24, 2.45) is 7.05 Å². The fraction of sp³-hybridized carbons (Fsp3) is 0.615. The molecule has 0 aliphatic heterocycles. The largest absolute Gasteiger partial charge is 0.468 e. The molecule has 0 atom stereocenters. The molecule has 1 aliphatic rings. The van der Waals surface area contributed by atoms with Gasteiger partial charge in [0.05, 0.1) is 12.0 Å². The monoisotopic (exact) mass is 300 g/mol. The quantitative estimate of drug-likeness (QED) is 0.765. The Morgan fingerprint density at radius 3 is 2.60 bits per heavy atom. The van der Waals surface area contributed by atoms with Crippen molar-refractivity contribution in [3.63, 3.8) is 0 Å². The van der Waals surface area contributed by atoms with Crippen LogP contribution in [0.2, 0.25) is 0 Å². The number of carbonyl (C=O) groups is 1. The number of sulfonamides is 1. The van der Waals surface area contributed by atoms with Crippen LogP contribution in [-0.4, -0.2) is 43.0 Å². The molecule has 0 N–H and O–H groups in total. The van der Waals surface area contributed by atoms with Gasteiger partial charge in [-0.05, 0) is 18.9 Å². The SMILES string of the molecule is COC(=O)CN(C1CCCC1)S(=O)(=O)c1ccn(C)c1. The van der Waals surface area contributed by atoms with Crippen molar-refractivity contribution in [3.05, 3.63) is 18.5 Å². The molecule has 1 aliphatic carbocycles. The van der Waals surface area contributed by atoms with Crippen LogP contribution in [0.3, 0.4) is 0 Å². The number of hydrogen-bond donors (Lipinski definition) is 0. The molecule has 1 aromatic rings. The number of hydrogen-bond acceptors (Lipinski definition) is 4. The summed E-state index contributed by atoms with van der Waals surface area (Å²) in [4.78, 5) is 11.7. The van der Waals surface area contributed by atoms with Gasteiger partial charge in [0, 0.05) is 25.5 Å². The van der Waals surface area contributed by atoms with E-state index in [1.807, 2.05) is 0 Å². The highest BCUT2D eigenvalue weighted by molar-refractivity contribution is 7.89. The first-order valence-electron chi connectivity index (χ1n) is 6.66. The number of esters is 1.